The summed E-state index contributed by atoms with van der Waals surface area (Å²) in [5.41, 5.74) is 5.54. The van der Waals surface area contributed by atoms with Gasteiger partial charge in [0.2, 0.25) is 0 Å². The van der Waals surface area contributed by atoms with Gasteiger partial charge >= 0.3 is 0 Å². The maximum atomic E-state index is 6.68. The molecule has 0 spiro atoms. The molecule has 438 valence electrons. The summed E-state index contributed by atoms with van der Waals surface area (Å²) in [5, 5.41) is 3.25. The molecule has 14 heteroatoms. The van der Waals surface area contributed by atoms with Crippen LogP contribution >= 0.6 is 0 Å². The molecule has 0 fully saturated rings. The van der Waals surface area contributed by atoms with Crippen molar-refractivity contribution in [3.05, 3.63) is 60.7 Å². The van der Waals surface area contributed by atoms with E-state index < -0.39 is 0 Å². The van der Waals surface area contributed by atoms with Crippen molar-refractivity contribution in [3.8, 4) is 80.0 Å². The van der Waals surface area contributed by atoms with Crippen LogP contribution in [0.4, 0.5) is 0 Å². The molecule has 14 nitrogen and oxygen atoms in total. The van der Waals surface area contributed by atoms with Gasteiger partial charge in [0, 0.05) is 43.8 Å². The van der Waals surface area contributed by atoms with Crippen LogP contribution in [-0.4, -0.2) is 79.5 Å². The Labute approximate surface area is 486 Å². The zero-order valence-electron chi connectivity index (χ0n) is 50.1. The van der Waals surface area contributed by atoms with E-state index in [0.717, 1.165) is 198 Å². The Morgan fingerprint density at radius 3 is 0.744 bits per heavy atom. The molecular formula is C68H90N8O6. The molecule has 0 radical (unpaired) electrons. The molecular weight excluding hydrogens is 1020 g/mol. The molecule has 2 N–H and O–H groups in total. The number of rotatable bonds is 36. The van der Waals surface area contributed by atoms with Gasteiger partial charge in [0.1, 0.15) is 22.6 Å². The van der Waals surface area contributed by atoms with Crippen molar-refractivity contribution < 1.29 is 28.4 Å². The molecule has 8 bridgehead atoms. The predicted octanol–water partition coefficient (Wildman–Crippen LogP) is 18.6. The van der Waals surface area contributed by atoms with Gasteiger partial charge in [-0.25, -0.2) is 29.9 Å². The van der Waals surface area contributed by atoms with E-state index in [-0.39, 0.29) is 0 Å². The number of aromatic amines is 2. The van der Waals surface area contributed by atoms with Crippen LogP contribution in [0.25, 0.3) is 89.7 Å². The van der Waals surface area contributed by atoms with Crippen molar-refractivity contribution in [2.24, 2.45) is 0 Å². The van der Waals surface area contributed by atoms with Crippen molar-refractivity contribution in [3.63, 3.8) is 0 Å². The highest BCUT2D eigenvalue weighted by molar-refractivity contribution is 6.08. The number of nitrogens with one attached hydrogen (secondary N) is 2. The van der Waals surface area contributed by atoms with Gasteiger partial charge in [-0.15, -0.1) is 0 Å². The second-order valence-corrected chi connectivity index (χ2v) is 22.1. The molecule has 3 aromatic heterocycles. The van der Waals surface area contributed by atoms with Gasteiger partial charge in [-0.3, -0.25) is 0 Å². The molecule has 7 aromatic rings. The fourth-order valence-corrected chi connectivity index (χ4v) is 10.7. The first-order valence-corrected chi connectivity index (χ1v) is 31.7. The average molecular weight is 1120 g/mol. The molecule has 0 unspecified atom stereocenters. The minimum absolute atomic E-state index is 0.467. The lowest BCUT2D eigenvalue weighted by atomic mass is 10.1. The van der Waals surface area contributed by atoms with Crippen molar-refractivity contribution in [2.45, 2.75) is 196 Å². The molecule has 0 amide bonds. The molecule has 4 aromatic carbocycles. The third-order valence-corrected chi connectivity index (χ3v) is 15.5. The van der Waals surface area contributed by atoms with Crippen molar-refractivity contribution in [2.75, 3.05) is 39.6 Å². The summed E-state index contributed by atoms with van der Waals surface area (Å²) in [6, 6.07) is 20.5. The Balaban J connectivity index is 1.31. The van der Waals surface area contributed by atoms with Gasteiger partial charge in [0.25, 0.3) is 0 Å². The number of hydrogen-bond donors (Lipinski definition) is 2. The van der Waals surface area contributed by atoms with Crippen LogP contribution < -0.4 is 28.4 Å². The van der Waals surface area contributed by atoms with E-state index >= 15 is 0 Å². The largest absolute Gasteiger partial charge is 0.490 e. The van der Waals surface area contributed by atoms with Gasteiger partial charge in [-0.2, -0.15) is 0 Å². The Morgan fingerprint density at radius 2 is 0.500 bits per heavy atom. The third-order valence-electron chi connectivity index (χ3n) is 15.5. The van der Waals surface area contributed by atoms with Crippen LogP contribution in [0, 0.1) is 0 Å². The van der Waals surface area contributed by atoms with E-state index in [2.05, 4.69) is 87.9 Å². The van der Waals surface area contributed by atoms with Gasteiger partial charge in [0.15, 0.2) is 57.8 Å². The highest BCUT2D eigenvalue weighted by atomic mass is 16.5. The van der Waals surface area contributed by atoms with Crippen LogP contribution in [0.2, 0.25) is 0 Å². The first kappa shape index (κ1) is 59.7. The molecule has 0 saturated heterocycles. The highest BCUT2D eigenvalue weighted by Crippen LogP contribution is 2.45. The maximum absolute atomic E-state index is 6.68. The molecule has 0 aliphatic carbocycles. The first-order valence-electron chi connectivity index (χ1n) is 31.7. The summed E-state index contributed by atoms with van der Waals surface area (Å²) in [4.78, 5) is 39.7. The van der Waals surface area contributed by atoms with Gasteiger partial charge in [0.05, 0.1) is 39.6 Å². The second kappa shape index (κ2) is 30.9. The third kappa shape index (κ3) is 15.2. The average Bonchev–Trinajstić information content (AvgIpc) is 4.42. The minimum atomic E-state index is 0.467. The quantitative estimate of drug-likeness (QED) is 0.0358. The van der Waals surface area contributed by atoms with Crippen LogP contribution in [0.1, 0.15) is 196 Å². The Hall–Kier alpha value is -6.96. The molecule has 5 heterocycles. The zero-order valence-corrected chi connectivity index (χ0v) is 50.1. The van der Waals surface area contributed by atoms with Crippen molar-refractivity contribution >= 4 is 44.1 Å². The summed E-state index contributed by atoms with van der Waals surface area (Å²) < 4.78 is 39.9. The van der Waals surface area contributed by atoms with E-state index in [9.17, 15) is 0 Å². The van der Waals surface area contributed by atoms with E-state index in [1.54, 1.807) is 0 Å². The summed E-state index contributed by atoms with van der Waals surface area (Å²) in [7, 11) is 0. The highest BCUT2D eigenvalue weighted by Gasteiger charge is 2.26. The van der Waals surface area contributed by atoms with Crippen molar-refractivity contribution in [1.82, 2.24) is 39.9 Å². The monoisotopic (exact) mass is 1110 g/mol. The lowest BCUT2D eigenvalue weighted by Gasteiger charge is -2.15. The lowest BCUT2D eigenvalue weighted by molar-refractivity contribution is 0.259. The second-order valence-electron chi connectivity index (χ2n) is 22.1. The Kier molecular flexibility index (Phi) is 22.5. The topological polar surface area (TPSA) is 164 Å². The maximum Gasteiger partial charge on any atom is 0.164 e. The van der Waals surface area contributed by atoms with E-state index in [1.807, 2.05) is 24.3 Å². The van der Waals surface area contributed by atoms with Crippen LogP contribution in [0.5, 0.6) is 34.5 Å². The summed E-state index contributed by atoms with van der Waals surface area (Å²) >= 11 is 0. The molecule has 2 aliphatic rings. The number of nitrogens with zero attached hydrogens (tertiary/aromatic N) is 6. The Morgan fingerprint density at radius 1 is 0.268 bits per heavy atom. The van der Waals surface area contributed by atoms with Crippen LogP contribution in [0.15, 0.2) is 60.7 Å². The van der Waals surface area contributed by atoms with Gasteiger partial charge < -0.3 is 38.4 Å². The van der Waals surface area contributed by atoms with E-state index in [1.165, 1.54) is 0 Å². The van der Waals surface area contributed by atoms with Crippen molar-refractivity contribution in [1.29, 1.82) is 0 Å². The normalized spacial score (nSPS) is 11.8. The SMILES string of the molecule is CCCCCCOc1cc2c(cc1OCCCCCC)-c1nc-2nc2[nH]c(nc3nc(nc4[nH]c(n1)c1cc(OCCCCCC)c(OCCCCCC)cc41)-c1ccccc1-3)c1cc(OCCCCCC)c(OCCCCCC)cc21. The standard InChI is InChI=1S/C68H90N8O6/c1-7-13-19-27-35-77-55-41-49-51(43-57(55)79-37-29-21-15-9-3)65-72-63(49)70-61-47-33-25-26-34-48(47)62(69-61)71-64-50-42-56(78-36-28-20-14-8-2)58(80-38-30-22-16-10-4)44-52(50)66(73-64)75-68-54-46-60(82-40-32-24-18-12-6)59(81-39-31-23-17-11-5)45-53(54)67(74-65)76-68/h25-26,33-34,41-46H,7-24,27-32,35-40H2,1-6H3,(H2,69,70,71,72,73,74,75,76). The van der Waals surface area contributed by atoms with Crippen LogP contribution in [-0.2, 0) is 0 Å². The predicted molar refractivity (Wildman–Crippen MR) is 334 cm³/mol. The summed E-state index contributed by atoms with van der Waals surface area (Å²) in [6.45, 7) is 16.8. The number of ether oxygens (including phenoxy) is 6. The van der Waals surface area contributed by atoms with Crippen LogP contribution in [0.3, 0.4) is 0 Å². The van der Waals surface area contributed by atoms with Gasteiger partial charge in [-0.05, 0) is 74.9 Å². The number of benzene rings is 4. The summed E-state index contributed by atoms with van der Waals surface area (Å²) in [6.07, 6.45) is 26.0. The number of aromatic nitrogens is 8. The van der Waals surface area contributed by atoms with Gasteiger partial charge in [-0.1, -0.05) is 181 Å². The fraction of sp³-hybridized carbons (Fsp3) is 0.529. The number of hydrogen-bond acceptors (Lipinski definition) is 12. The lowest BCUT2D eigenvalue weighted by Crippen LogP contribution is -2.03. The zero-order chi connectivity index (χ0) is 56.9. The van der Waals surface area contributed by atoms with E-state index in [4.69, 9.17) is 58.3 Å². The number of H-pyrrole nitrogens is 2. The smallest absolute Gasteiger partial charge is 0.164 e. The fourth-order valence-electron chi connectivity index (χ4n) is 10.7. The molecule has 0 saturated carbocycles. The Bertz CT molecular complexity index is 3140. The number of unbranched alkanes of at least 4 members (excludes halogenated alkanes) is 18. The molecule has 82 heavy (non-hydrogen) atoms. The van der Waals surface area contributed by atoms with E-state index in [0.29, 0.717) is 120 Å². The number of fused-ring (bicyclic) bond motifs is 20. The molecule has 0 atom stereocenters. The minimum Gasteiger partial charge on any atom is -0.490 e. The first-order chi connectivity index (χ1) is 40.4. The summed E-state index contributed by atoms with van der Waals surface area (Å²) in [5.74, 6) is 5.98. The molecule has 2 aliphatic heterocycles. The molecule has 9 rings (SSSR count).